The molecule has 0 spiro atoms. The molecule has 0 aliphatic heterocycles. The van der Waals surface area contributed by atoms with Crippen LogP contribution in [0, 0.1) is 16.7 Å². The average Bonchev–Trinajstić information content (AvgIpc) is 2.68. The SMILES string of the molecule is Cn1ccc(CNC23CC4CC(C)(CC(C)(C4)C2)C3)c1. The third-order valence-corrected chi connectivity index (χ3v) is 6.19. The predicted molar refractivity (Wildman–Crippen MR) is 82.4 cm³/mol. The molecule has 4 fully saturated rings. The Balaban J connectivity index is 1.55. The van der Waals surface area contributed by atoms with Gasteiger partial charge >= 0.3 is 0 Å². The van der Waals surface area contributed by atoms with Crippen molar-refractivity contribution < 1.29 is 0 Å². The Kier molecular flexibility index (Phi) is 2.53. The van der Waals surface area contributed by atoms with Gasteiger partial charge in [-0.3, -0.25) is 0 Å². The molecule has 1 N–H and O–H groups in total. The third-order valence-electron chi connectivity index (χ3n) is 6.19. The minimum Gasteiger partial charge on any atom is -0.357 e. The average molecular weight is 272 g/mol. The van der Waals surface area contributed by atoms with Crippen molar-refractivity contribution >= 4 is 0 Å². The zero-order valence-corrected chi connectivity index (χ0v) is 13.2. The van der Waals surface area contributed by atoms with Gasteiger partial charge in [-0.15, -0.1) is 0 Å². The van der Waals surface area contributed by atoms with Crippen LogP contribution in [0.1, 0.15) is 57.9 Å². The van der Waals surface area contributed by atoms with Crippen LogP contribution in [-0.2, 0) is 13.6 Å². The predicted octanol–water partition coefficient (Wildman–Crippen LogP) is 3.86. The van der Waals surface area contributed by atoms with Crippen LogP contribution in [0.3, 0.4) is 0 Å². The molecule has 4 aliphatic rings. The highest BCUT2D eigenvalue weighted by atomic mass is 15.0. The first-order chi connectivity index (χ1) is 9.38. The van der Waals surface area contributed by atoms with Crippen molar-refractivity contribution in [1.29, 1.82) is 0 Å². The molecule has 5 rings (SSSR count). The van der Waals surface area contributed by atoms with Crippen molar-refractivity contribution in [2.24, 2.45) is 23.8 Å². The maximum Gasteiger partial charge on any atom is 0.0225 e. The van der Waals surface area contributed by atoms with Crippen LogP contribution in [0.25, 0.3) is 0 Å². The second-order valence-corrected chi connectivity index (χ2v) is 8.95. The molecule has 1 aromatic rings. The van der Waals surface area contributed by atoms with E-state index in [9.17, 15) is 0 Å². The second kappa shape index (κ2) is 3.91. The fourth-order valence-electron chi connectivity index (χ4n) is 6.60. The summed E-state index contributed by atoms with van der Waals surface area (Å²) >= 11 is 0. The Labute approximate surface area is 122 Å². The fraction of sp³-hybridized carbons (Fsp3) is 0.778. The number of nitrogens with zero attached hydrogens (tertiary/aromatic N) is 1. The van der Waals surface area contributed by atoms with Gasteiger partial charge < -0.3 is 9.88 Å². The van der Waals surface area contributed by atoms with Crippen LogP contribution in [-0.4, -0.2) is 10.1 Å². The van der Waals surface area contributed by atoms with Crippen LogP contribution in [0.4, 0.5) is 0 Å². The molecule has 2 heteroatoms. The lowest BCUT2D eigenvalue weighted by molar-refractivity contribution is -0.118. The Bertz CT molecular complexity index is 511. The van der Waals surface area contributed by atoms with Crippen LogP contribution < -0.4 is 5.32 Å². The van der Waals surface area contributed by atoms with E-state index in [0.717, 1.165) is 12.5 Å². The first-order valence-corrected chi connectivity index (χ1v) is 8.24. The maximum atomic E-state index is 3.99. The van der Waals surface area contributed by atoms with Gasteiger partial charge in [-0.1, -0.05) is 13.8 Å². The summed E-state index contributed by atoms with van der Waals surface area (Å²) in [5, 5.41) is 3.99. The van der Waals surface area contributed by atoms with Crippen LogP contribution in [0.15, 0.2) is 18.5 Å². The molecule has 20 heavy (non-hydrogen) atoms. The number of aromatic nitrogens is 1. The summed E-state index contributed by atoms with van der Waals surface area (Å²) in [6.45, 7) is 6.14. The molecule has 2 unspecified atom stereocenters. The van der Waals surface area contributed by atoms with Gasteiger partial charge in [-0.25, -0.2) is 0 Å². The third kappa shape index (κ3) is 2.04. The molecule has 4 aliphatic carbocycles. The molecular weight excluding hydrogens is 244 g/mol. The number of hydrogen-bond acceptors (Lipinski definition) is 1. The second-order valence-electron chi connectivity index (χ2n) is 8.95. The summed E-state index contributed by atoms with van der Waals surface area (Å²) in [4.78, 5) is 0. The van der Waals surface area contributed by atoms with E-state index in [2.05, 4.69) is 49.2 Å². The van der Waals surface area contributed by atoms with Gasteiger partial charge in [-0.05, 0) is 66.9 Å². The minimum atomic E-state index is 0.429. The molecule has 2 nitrogen and oxygen atoms in total. The van der Waals surface area contributed by atoms with Gasteiger partial charge in [0.15, 0.2) is 0 Å². The van der Waals surface area contributed by atoms with E-state index in [1.807, 2.05) is 0 Å². The van der Waals surface area contributed by atoms with Crippen molar-refractivity contribution in [2.75, 3.05) is 0 Å². The molecule has 2 atom stereocenters. The van der Waals surface area contributed by atoms with Crippen LogP contribution in [0.2, 0.25) is 0 Å². The van der Waals surface area contributed by atoms with Crippen molar-refractivity contribution in [3.63, 3.8) is 0 Å². The highest BCUT2D eigenvalue weighted by Gasteiger charge is 2.59. The normalized spacial score (nSPS) is 46.0. The van der Waals surface area contributed by atoms with Crippen LogP contribution >= 0.6 is 0 Å². The fourth-order valence-corrected chi connectivity index (χ4v) is 6.60. The lowest BCUT2D eigenvalue weighted by atomic mass is 9.43. The molecule has 1 aromatic heterocycles. The minimum absolute atomic E-state index is 0.429. The number of hydrogen-bond donors (Lipinski definition) is 1. The molecule has 4 saturated carbocycles. The molecule has 110 valence electrons. The smallest absolute Gasteiger partial charge is 0.0225 e. The zero-order chi connectivity index (χ0) is 14.0. The van der Waals surface area contributed by atoms with Crippen molar-refractivity contribution in [3.05, 3.63) is 24.0 Å². The Hall–Kier alpha value is -0.760. The molecule has 4 bridgehead atoms. The largest absolute Gasteiger partial charge is 0.357 e. The highest BCUT2D eigenvalue weighted by Crippen LogP contribution is 2.66. The summed E-state index contributed by atoms with van der Waals surface area (Å²) in [6.07, 6.45) is 13.1. The number of nitrogens with one attached hydrogen (secondary N) is 1. The quantitative estimate of drug-likeness (QED) is 0.884. The van der Waals surface area contributed by atoms with Gasteiger partial charge in [0, 0.05) is 31.5 Å². The maximum absolute atomic E-state index is 3.99. The lowest BCUT2D eigenvalue weighted by Gasteiger charge is -2.65. The van der Waals surface area contributed by atoms with E-state index in [4.69, 9.17) is 0 Å². The Morgan fingerprint density at radius 1 is 1.15 bits per heavy atom. The van der Waals surface area contributed by atoms with Gasteiger partial charge in [0.1, 0.15) is 0 Å². The van der Waals surface area contributed by atoms with Crippen molar-refractivity contribution in [2.45, 2.75) is 64.5 Å². The monoisotopic (exact) mass is 272 g/mol. The summed E-state index contributed by atoms with van der Waals surface area (Å²) in [5.41, 5.74) is 3.08. The van der Waals surface area contributed by atoms with Crippen molar-refractivity contribution in [3.8, 4) is 0 Å². The standard InChI is InChI=1S/C18H28N2/c1-16-6-15-7-17(2,11-16)13-18(8-15,12-16)19-9-14-4-5-20(3)10-14/h4-5,10,15,19H,6-9,11-13H2,1-3H3. The first kappa shape index (κ1) is 12.9. The van der Waals surface area contributed by atoms with Gasteiger partial charge in [-0.2, -0.15) is 0 Å². The summed E-state index contributed by atoms with van der Waals surface area (Å²) in [7, 11) is 2.11. The topological polar surface area (TPSA) is 17.0 Å². The van der Waals surface area contributed by atoms with E-state index >= 15 is 0 Å². The van der Waals surface area contributed by atoms with Gasteiger partial charge in [0.2, 0.25) is 0 Å². The molecule has 0 aromatic carbocycles. The van der Waals surface area contributed by atoms with Gasteiger partial charge in [0.05, 0.1) is 0 Å². The first-order valence-electron chi connectivity index (χ1n) is 8.24. The summed E-state index contributed by atoms with van der Waals surface area (Å²) in [6, 6.07) is 2.25. The molecule has 0 amide bonds. The molecule has 0 saturated heterocycles. The highest BCUT2D eigenvalue weighted by molar-refractivity contribution is 5.16. The zero-order valence-electron chi connectivity index (χ0n) is 13.2. The lowest BCUT2D eigenvalue weighted by Crippen LogP contribution is -2.63. The van der Waals surface area contributed by atoms with E-state index < -0.39 is 0 Å². The summed E-state index contributed by atoms with van der Waals surface area (Å²) < 4.78 is 2.15. The van der Waals surface area contributed by atoms with Crippen molar-refractivity contribution in [1.82, 2.24) is 9.88 Å². The van der Waals surface area contributed by atoms with Crippen LogP contribution in [0.5, 0.6) is 0 Å². The van der Waals surface area contributed by atoms with E-state index in [1.165, 1.54) is 44.1 Å². The number of aryl methyl sites for hydroxylation is 1. The van der Waals surface area contributed by atoms with E-state index in [1.54, 1.807) is 0 Å². The Morgan fingerprint density at radius 2 is 1.85 bits per heavy atom. The summed E-state index contributed by atoms with van der Waals surface area (Å²) in [5.74, 6) is 0.976. The Morgan fingerprint density at radius 3 is 2.40 bits per heavy atom. The van der Waals surface area contributed by atoms with E-state index in [-0.39, 0.29) is 0 Å². The molecule has 1 heterocycles. The van der Waals surface area contributed by atoms with E-state index in [0.29, 0.717) is 16.4 Å². The number of rotatable bonds is 3. The molecule has 0 radical (unpaired) electrons. The van der Waals surface area contributed by atoms with Gasteiger partial charge in [0.25, 0.3) is 0 Å². The molecular formula is C18H28N2.